The number of carbonyl (C=O) groups excluding carboxylic acids is 2. The number of hydrogen-bond acceptors (Lipinski definition) is 6. The second-order valence-electron chi connectivity index (χ2n) is 7.31. The zero-order valence-electron chi connectivity index (χ0n) is 19.0. The highest BCUT2D eigenvalue weighted by Gasteiger charge is 2.23. The maximum Gasteiger partial charge on any atom is 0.343 e. The van der Waals surface area contributed by atoms with Crippen molar-refractivity contribution < 1.29 is 28.5 Å². The third-order valence-electron chi connectivity index (χ3n) is 4.73. The molecular weight excluding hydrogens is 519 g/mol. The van der Waals surface area contributed by atoms with Crippen LogP contribution in [-0.2, 0) is 9.53 Å². The van der Waals surface area contributed by atoms with E-state index >= 15 is 0 Å². The van der Waals surface area contributed by atoms with Gasteiger partial charge in [-0.3, -0.25) is 0 Å². The van der Waals surface area contributed by atoms with Crippen LogP contribution in [0.5, 0.6) is 17.2 Å². The van der Waals surface area contributed by atoms with Crippen LogP contribution >= 0.6 is 33.2 Å². The normalized spacial score (nSPS) is 11.3. The molecule has 0 bridgehead atoms. The molecule has 0 amide bonds. The summed E-state index contributed by atoms with van der Waals surface area (Å²) in [5, 5.41) is 0. The van der Waals surface area contributed by atoms with Gasteiger partial charge in [0.05, 0.1) is 26.4 Å². The van der Waals surface area contributed by atoms with Crippen LogP contribution in [0, 0.1) is 0 Å². The van der Waals surface area contributed by atoms with Crippen molar-refractivity contribution in [2.24, 2.45) is 0 Å². The molecule has 10 heteroatoms. The molecular formula is C24H27Cl3O6Si. The van der Waals surface area contributed by atoms with Crippen LogP contribution in [0.2, 0.25) is 6.04 Å². The zero-order valence-corrected chi connectivity index (χ0v) is 22.3. The molecule has 0 atom stereocenters. The fourth-order valence-corrected chi connectivity index (χ4v) is 4.78. The van der Waals surface area contributed by atoms with Gasteiger partial charge in [-0.05, 0) is 60.5 Å². The molecule has 2 aromatic carbocycles. The second-order valence-corrected chi connectivity index (χ2v) is 16.6. The van der Waals surface area contributed by atoms with E-state index in [-0.39, 0.29) is 5.75 Å². The molecule has 184 valence electrons. The van der Waals surface area contributed by atoms with Gasteiger partial charge in [0.15, 0.2) is 11.5 Å². The fourth-order valence-electron chi connectivity index (χ4n) is 2.92. The van der Waals surface area contributed by atoms with Crippen LogP contribution in [-0.4, -0.2) is 38.8 Å². The molecule has 0 aliphatic carbocycles. The smallest absolute Gasteiger partial charge is 0.343 e. The van der Waals surface area contributed by atoms with Crippen LogP contribution in [0.3, 0.4) is 0 Å². The molecule has 2 rings (SSSR count). The molecule has 0 aliphatic heterocycles. The molecule has 34 heavy (non-hydrogen) atoms. The second kappa shape index (κ2) is 14.3. The number of carbonyl (C=O) groups is 2. The minimum Gasteiger partial charge on any atom is -0.497 e. The molecule has 0 aromatic heterocycles. The van der Waals surface area contributed by atoms with Crippen LogP contribution in [0.25, 0.3) is 6.08 Å². The minimum absolute atomic E-state index is 0.264. The summed E-state index contributed by atoms with van der Waals surface area (Å²) >= 11 is 17.5. The standard InChI is InChI=1S/C24H27Cl3O6Si/c1-30-20-11-9-19(10-12-20)24(29)33-21-13-7-18(17-22(21)31-2)8-14-23(28)32-15-5-3-4-6-16-34(25,26)27/h7-14,17H,3-6,15-16H2,1-2H3/b14-8+. The topological polar surface area (TPSA) is 71.1 Å². The summed E-state index contributed by atoms with van der Waals surface area (Å²) in [5.74, 6) is 0.294. The van der Waals surface area contributed by atoms with Gasteiger partial charge in [0, 0.05) is 6.08 Å². The maximum atomic E-state index is 12.4. The first-order valence-corrected chi connectivity index (χ1v) is 15.9. The number of unbranched alkanes of at least 4 members (excludes halogenated alkanes) is 3. The number of methoxy groups -OCH3 is 2. The SMILES string of the molecule is COc1ccc(C(=O)Oc2ccc(/C=C/C(=O)OCCCCCC[Si](Cl)(Cl)Cl)cc2OC)cc1. The zero-order chi connectivity index (χ0) is 25.0. The highest BCUT2D eigenvalue weighted by Crippen LogP contribution is 2.30. The predicted molar refractivity (Wildman–Crippen MR) is 138 cm³/mol. The number of halogens is 3. The van der Waals surface area contributed by atoms with Crippen molar-refractivity contribution in [2.75, 3.05) is 20.8 Å². The van der Waals surface area contributed by atoms with Gasteiger partial charge in [-0.2, -0.15) is 0 Å². The average molecular weight is 546 g/mol. The number of hydrogen-bond donors (Lipinski definition) is 0. The van der Waals surface area contributed by atoms with E-state index < -0.39 is 17.9 Å². The molecule has 0 heterocycles. The molecule has 2 aromatic rings. The Hall–Kier alpha value is -2.19. The quantitative estimate of drug-likeness (QED) is 0.0697. The lowest BCUT2D eigenvalue weighted by Gasteiger charge is -2.10. The predicted octanol–water partition coefficient (Wildman–Crippen LogP) is 6.70. The Bertz CT molecular complexity index is 974. The summed E-state index contributed by atoms with van der Waals surface area (Å²) in [7, 11) is 3.02. The van der Waals surface area contributed by atoms with E-state index in [9.17, 15) is 9.59 Å². The number of esters is 2. The van der Waals surface area contributed by atoms with E-state index in [1.54, 1.807) is 55.7 Å². The Morgan fingerprint density at radius 1 is 0.882 bits per heavy atom. The first kappa shape index (κ1) is 28.0. The third-order valence-corrected chi connectivity index (χ3v) is 7.35. The molecule has 0 N–H and O–H groups in total. The lowest BCUT2D eigenvalue weighted by Crippen LogP contribution is -2.09. The van der Waals surface area contributed by atoms with E-state index in [1.165, 1.54) is 13.2 Å². The van der Waals surface area contributed by atoms with Gasteiger partial charge < -0.3 is 18.9 Å². The van der Waals surface area contributed by atoms with Gasteiger partial charge in [0.25, 0.3) is 0 Å². The van der Waals surface area contributed by atoms with E-state index in [4.69, 9.17) is 52.2 Å². The van der Waals surface area contributed by atoms with Crippen LogP contribution in [0.4, 0.5) is 0 Å². The van der Waals surface area contributed by atoms with Gasteiger partial charge in [-0.15, -0.1) is 33.2 Å². The van der Waals surface area contributed by atoms with Crippen molar-refractivity contribution in [1.82, 2.24) is 0 Å². The largest absolute Gasteiger partial charge is 0.497 e. The molecule has 0 spiro atoms. The minimum atomic E-state index is -2.54. The van der Waals surface area contributed by atoms with E-state index in [1.807, 2.05) is 0 Å². The molecule has 0 fully saturated rings. The van der Waals surface area contributed by atoms with Crippen molar-refractivity contribution in [1.29, 1.82) is 0 Å². The highest BCUT2D eigenvalue weighted by molar-refractivity contribution is 7.64. The summed E-state index contributed by atoms with van der Waals surface area (Å²) in [4.78, 5) is 24.3. The van der Waals surface area contributed by atoms with Gasteiger partial charge in [-0.25, -0.2) is 9.59 Å². The lowest BCUT2D eigenvalue weighted by molar-refractivity contribution is -0.137. The maximum absolute atomic E-state index is 12.4. The van der Waals surface area contributed by atoms with E-state index in [0.29, 0.717) is 35.3 Å². The first-order valence-electron chi connectivity index (χ1n) is 10.7. The van der Waals surface area contributed by atoms with Crippen molar-refractivity contribution in [3.05, 3.63) is 59.7 Å². The van der Waals surface area contributed by atoms with Crippen molar-refractivity contribution in [2.45, 2.75) is 31.7 Å². The summed E-state index contributed by atoms with van der Waals surface area (Å²) < 4.78 is 21.1. The monoisotopic (exact) mass is 544 g/mol. The third kappa shape index (κ3) is 10.4. The van der Waals surface area contributed by atoms with Crippen molar-refractivity contribution in [3.8, 4) is 17.2 Å². The summed E-state index contributed by atoms with van der Waals surface area (Å²) in [6, 6.07) is 9.65. The van der Waals surface area contributed by atoms with Gasteiger partial charge >= 0.3 is 17.9 Å². The summed E-state index contributed by atoms with van der Waals surface area (Å²) in [6.07, 6.45) is 6.40. The van der Waals surface area contributed by atoms with Crippen LogP contribution in [0.1, 0.15) is 41.6 Å². The molecule has 6 nitrogen and oxygen atoms in total. The Kier molecular flexibility index (Phi) is 11.8. The molecule has 0 saturated heterocycles. The van der Waals surface area contributed by atoms with Crippen LogP contribution < -0.4 is 14.2 Å². The number of ether oxygens (including phenoxy) is 4. The molecule has 0 radical (unpaired) electrons. The fraction of sp³-hybridized carbons (Fsp3) is 0.333. The number of rotatable bonds is 13. The molecule has 0 saturated carbocycles. The Morgan fingerprint density at radius 3 is 2.24 bits per heavy atom. The molecule has 0 aliphatic rings. The van der Waals surface area contributed by atoms with Crippen LogP contribution in [0.15, 0.2) is 48.5 Å². The Morgan fingerprint density at radius 2 is 1.59 bits per heavy atom. The number of benzene rings is 2. The Labute approximate surface area is 214 Å². The van der Waals surface area contributed by atoms with Gasteiger partial charge in [0.1, 0.15) is 5.75 Å². The summed E-state index contributed by atoms with van der Waals surface area (Å²) in [6.45, 7) is 0.331. The average Bonchev–Trinajstić information content (AvgIpc) is 2.82. The first-order chi connectivity index (χ1) is 16.2. The molecule has 0 unspecified atom stereocenters. The summed E-state index contributed by atoms with van der Waals surface area (Å²) in [5.41, 5.74) is 1.07. The van der Waals surface area contributed by atoms with Crippen molar-refractivity contribution >= 4 is 57.3 Å². The van der Waals surface area contributed by atoms with Crippen molar-refractivity contribution in [3.63, 3.8) is 0 Å². The van der Waals surface area contributed by atoms with Gasteiger partial charge in [-0.1, -0.05) is 25.3 Å². The van der Waals surface area contributed by atoms with E-state index in [2.05, 4.69) is 0 Å². The Balaban J connectivity index is 1.82. The van der Waals surface area contributed by atoms with E-state index in [0.717, 1.165) is 25.7 Å². The van der Waals surface area contributed by atoms with Gasteiger partial charge in [0.2, 0.25) is 0 Å². The highest BCUT2D eigenvalue weighted by atomic mass is 35.8. The lowest BCUT2D eigenvalue weighted by atomic mass is 10.2.